The molecule has 1 unspecified atom stereocenters. The SMILES string of the molecule is CC(C)CCC[C@@H](C)[C@@H]1CC[C@]23C4C[C@@H]5C[C@@H](O)CC[C@]5(C)[C@H](C=C[C@]12C)[C@@H]43. The molecule has 10 atom stereocenters. The van der Waals surface area contributed by atoms with Gasteiger partial charge in [0, 0.05) is 0 Å². The van der Waals surface area contributed by atoms with Gasteiger partial charge in [0.15, 0.2) is 0 Å². The lowest BCUT2D eigenvalue weighted by molar-refractivity contribution is -0.0380. The molecule has 0 aromatic heterocycles. The second-order valence-corrected chi connectivity index (χ2v) is 12.7. The summed E-state index contributed by atoms with van der Waals surface area (Å²) in [5.74, 6) is 6.08. The van der Waals surface area contributed by atoms with Crippen molar-refractivity contribution < 1.29 is 5.11 Å². The average Bonchev–Trinajstić information content (AvgIpc) is 3.16. The normalized spacial score (nSPS) is 54.8. The first-order chi connectivity index (χ1) is 13.2. The van der Waals surface area contributed by atoms with Crippen molar-refractivity contribution in [3.63, 3.8) is 0 Å². The highest BCUT2D eigenvalue weighted by molar-refractivity contribution is 5.36. The molecule has 1 spiro atoms. The molecule has 0 aromatic rings. The third kappa shape index (κ3) is 2.41. The van der Waals surface area contributed by atoms with Crippen molar-refractivity contribution in [1.29, 1.82) is 0 Å². The number of hydrogen-bond donors (Lipinski definition) is 1. The Morgan fingerprint density at radius 3 is 2.57 bits per heavy atom. The second-order valence-electron chi connectivity index (χ2n) is 12.7. The fourth-order valence-corrected chi connectivity index (χ4v) is 9.66. The Morgan fingerprint density at radius 2 is 1.82 bits per heavy atom. The first kappa shape index (κ1) is 19.7. The molecule has 158 valence electrons. The van der Waals surface area contributed by atoms with E-state index in [1.165, 1.54) is 44.9 Å². The van der Waals surface area contributed by atoms with Gasteiger partial charge in [-0.3, -0.25) is 0 Å². The van der Waals surface area contributed by atoms with E-state index in [-0.39, 0.29) is 6.10 Å². The second kappa shape index (κ2) is 6.35. The maximum Gasteiger partial charge on any atom is 0.0543 e. The largest absolute Gasteiger partial charge is 0.393 e. The summed E-state index contributed by atoms with van der Waals surface area (Å²) in [5.41, 5.74) is 1.52. The minimum Gasteiger partial charge on any atom is -0.393 e. The number of rotatable bonds is 5. The number of aliphatic hydroxyl groups is 1. The lowest BCUT2D eigenvalue weighted by Gasteiger charge is -2.52. The predicted molar refractivity (Wildman–Crippen MR) is 117 cm³/mol. The van der Waals surface area contributed by atoms with E-state index in [1.807, 2.05) is 0 Å². The van der Waals surface area contributed by atoms with E-state index in [1.54, 1.807) is 0 Å². The molecule has 0 radical (unpaired) electrons. The first-order valence-electron chi connectivity index (χ1n) is 12.6. The van der Waals surface area contributed by atoms with E-state index in [2.05, 4.69) is 46.8 Å². The third-order valence-electron chi connectivity index (χ3n) is 11.2. The summed E-state index contributed by atoms with van der Waals surface area (Å²) in [6.45, 7) is 12.6. The van der Waals surface area contributed by atoms with Crippen LogP contribution in [0.3, 0.4) is 0 Å². The maximum absolute atomic E-state index is 10.4. The molecule has 0 amide bonds. The van der Waals surface area contributed by atoms with E-state index in [4.69, 9.17) is 0 Å². The standard InChI is InChI=1S/C27H44O/c1-17(2)7-6-8-18(3)21-11-14-27-23-16-19-15-20(28)9-12-25(19,4)22(24(23)27)10-13-26(21,27)5/h10,13,17-24,28H,6-9,11-12,14-16H2,1-5H3/t18-,19+,20+,21+,22-,23?,24+,25+,26-,27-/m1/s1. The van der Waals surface area contributed by atoms with Crippen LogP contribution in [0.5, 0.6) is 0 Å². The van der Waals surface area contributed by atoms with E-state index >= 15 is 0 Å². The van der Waals surface area contributed by atoms with Gasteiger partial charge >= 0.3 is 0 Å². The molecule has 0 saturated heterocycles. The highest BCUT2D eigenvalue weighted by atomic mass is 16.3. The van der Waals surface area contributed by atoms with Gasteiger partial charge < -0.3 is 5.11 Å². The van der Waals surface area contributed by atoms with Gasteiger partial charge in [0.1, 0.15) is 0 Å². The molecular weight excluding hydrogens is 340 g/mol. The van der Waals surface area contributed by atoms with Crippen LogP contribution in [0.15, 0.2) is 12.2 Å². The Labute approximate surface area is 173 Å². The predicted octanol–water partition coefficient (Wildman–Crippen LogP) is 6.85. The summed E-state index contributed by atoms with van der Waals surface area (Å²) < 4.78 is 0. The van der Waals surface area contributed by atoms with Crippen LogP contribution in [0.2, 0.25) is 0 Å². The average molecular weight is 385 g/mol. The minimum absolute atomic E-state index is 0.0293. The van der Waals surface area contributed by atoms with E-state index in [9.17, 15) is 5.11 Å². The fraction of sp³-hybridized carbons (Fsp3) is 0.926. The molecule has 0 heterocycles. The van der Waals surface area contributed by atoms with Gasteiger partial charge in [-0.25, -0.2) is 0 Å². The Balaban J connectivity index is 1.40. The molecule has 0 aliphatic heterocycles. The molecule has 1 heteroatoms. The van der Waals surface area contributed by atoms with Crippen LogP contribution in [0.4, 0.5) is 0 Å². The molecule has 5 rings (SSSR count). The van der Waals surface area contributed by atoms with Crippen LogP contribution in [0, 0.1) is 57.7 Å². The molecule has 0 bridgehead atoms. The van der Waals surface area contributed by atoms with Crippen molar-refractivity contribution in [2.24, 2.45) is 57.7 Å². The smallest absolute Gasteiger partial charge is 0.0543 e. The van der Waals surface area contributed by atoms with Gasteiger partial charge in [0.25, 0.3) is 0 Å². The molecule has 5 aliphatic carbocycles. The minimum atomic E-state index is -0.0293. The van der Waals surface area contributed by atoms with Crippen molar-refractivity contribution in [1.82, 2.24) is 0 Å². The van der Waals surface area contributed by atoms with E-state index < -0.39 is 0 Å². The molecular formula is C27H44O. The summed E-state index contributed by atoms with van der Waals surface area (Å²) in [5, 5.41) is 10.4. The lowest BCUT2D eigenvalue weighted by Crippen LogP contribution is -2.46. The van der Waals surface area contributed by atoms with Gasteiger partial charge in [0.05, 0.1) is 6.10 Å². The Kier molecular flexibility index (Phi) is 4.46. The third-order valence-corrected chi connectivity index (χ3v) is 11.2. The van der Waals surface area contributed by atoms with E-state index in [0.717, 1.165) is 54.3 Å². The zero-order valence-electron chi connectivity index (χ0n) is 19.1. The molecule has 1 N–H and O–H groups in total. The lowest BCUT2D eigenvalue weighted by atomic mass is 9.53. The van der Waals surface area contributed by atoms with Crippen molar-refractivity contribution in [3.05, 3.63) is 12.2 Å². The number of allylic oxidation sites excluding steroid dienone is 2. The number of aliphatic hydroxyl groups excluding tert-OH is 1. The molecule has 4 fully saturated rings. The van der Waals surface area contributed by atoms with Crippen LogP contribution in [0.1, 0.15) is 92.4 Å². The highest BCUT2D eigenvalue weighted by Crippen LogP contribution is 2.86. The van der Waals surface area contributed by atoms with Crippen LogP contribution in [0.25, 0.3) is 0 Å². The first-order valence-corrected chi connectivity index (χ1v) is 12.6. The van der Waals surface area contributed by atoms with Crippen LogP contribution in [-0.4, -0.2) is 11.2 Å². The Bertz CT molecular complexity index is 651. The molecule has 4 saturated carbocycles. The zero-order valence-corrected chi connectivity index (χ0v) is 19.1. The van der Waals surface area contributed by atoms with Gasteiger partial charge in [-0.1, -0.05) is 66.0 Å². The van der Waals surface area contributed by atoms with Crippen LogP contribution >= 0.6 is 0 Å². The van der Waals surface area contributed by atoms with Crippen molar-refractivity contribution in [3.8, 4) is 0 Å². The topological polar surface area (TPSA) is 20.2 Å². The van der Waals surface area contributed by atoms with Crippen molar-refractivity contribution >= 4 is 0 Å². The van der Waals surface area contributed by atoms with Crippen LogP contribution < -0.4 is 0 Å². The molecule has 5 aliphatic rings. The van der Waals surface area contributed by atoms with E-state index in [0.29, 0.717) is 16.2 Å². The summed E-state index contributed by atoms with van der Waals surface area (Å²) in [6, 6.07) is 0. The molecule has 0 aromatic carbocycles. The number of fused-ring (bicyclic) bond motifs is 2. The molecule has 1 nitrogen and oxygen atoms in total. The van der Waals surface area contributed by atoms with Gasteiger partial charge in [-0.15, -0.1) is 0 Å². The van der Waals surface area contributed by atoms with Gasteiger partial charge in [-0.05, 0) is 96.2 Å². The van der Waals surface area contributed by atoms with Crippen molar-refractivity contribution in [2.45, 2.75) is 98.5 Å². The highest BCUT2D eigenvalue weighted by Gasteiger charge is 2.81. The van der Waals surface area contributed by atoms with Crippen molar-refractivity contribution in [2.75, 3.05) is 0 Å². The molecule has 28 heavy (non-hydrogen) atoms. The monoisotopic (exact) mass is 384 g/mol. The van der Waals surface area contributed by atoms with Crippen LogP contribution in [-0.2, 0) is 0 Å². The van der Waals surface area contributed by atoms with Gasteiger partial charge in [0.2, 0.25) is 0 Å². The Hall–Kier alpha value is -0.300. The fourth-order valence-electron chi connectivity index (χ4n) is 9.66. The summed E-state index contributed by atoms with van der Waals surface area (Å²) in [7, 11) is 0. The number of hydrogen-bond acceptors (Lipinski definition) is 1. The zero-order chi connectivity index (χ0) is 19.9. The Morgan fingerprint density at radius 1 is 1.04 bits per heavy atom. The van der Waals surface area contributed by atoms with Gasteiger partial charge in [-0.2, -0.15) is 0 Å². The maximum atomic E-state index is 10.4. The summed E-state index contributed by atoms with van der Waals surface area (Å²) >= 11 is 0. The summed E-state index contributed by atoms with van der Waals surface area (Å²) in [4.78, 5) is 0. The summed E-state index contributed by atoms with van der Waals surface area (Å²) in [6.07, 6.45) is 17.4. The quantitative estimate of drug-likeness (QED) is 0.514.